The van der Waals surface area contributed by atoms with Crippen LogP contribution in [0.3, 0.4) is 0 Å². The summed E-state index contributed by atoms with van der Waals surface area (Å²) in [6.45, 7) is 5.46. The van der Waals surface area contributed by atoms with E-state index in [1.807, 2.05) is 0 Å². The fourth-order valence-electron chi connectivity index (χ4n) is 2.41. The topological polar surface area (TPSA) is 0 Å². The minimum Gasteiger partial charge on any atom is -0.203 e. The number of hydrogen-bond acceptors (Lipinski definition) is 0. The molecule has 2 rings (SSSR count). The molecule has 0 aliphatic rings. The summed E-state index contributed by atoms with van der Waals surface area (Å²) >= 11 is 0. The highest BCUT2D eigenvalue weighted by atomic mass is 19.2. The molecule has 0 amide bonds. The number of rotatable bonds is 0. The molecule has 0 saturated carbocycles. The third kappa shape index (κ3) is 1.44. The Labute approximate surface area is 102 Å². The molecule has 0 fully saturated rings. The van der Waals surface area contributed by atoms with Gasteiger partial charge in [-0.2, -0.15) is 0 Å². The van der Waals surface area contributed by atoms with E-state index in [1.165, 1.54) is 27.7 Å². The van der Waals surface area contributed by atoms with Crippen molar-refractivity contribution in [2.75, 3.05) is 0 Å². The van der Waals surface area contributed by atoms with Crippen molar-refractivity contribution in [2.45, 2.75) is 27.7 Å². The van der Waals surface area contributed by atoms with Crippen molar-refractivity contribution in [3.8, 4) is 0 Å². The number of halogens is 4. The van der Waals surface area contributed by atoms with Crippen LogP contribution in [-0.2, 0) is 0 Å². The number of fused-ring (bicyclic) bond motifs is 1. The van der Waals surface area contributed by atoms with Crippen LogP contribution in [0.1, 0.15) is 22.3 Å². The molecule has 0 heterocycles. The van der Waals surface area contributed by atoms with E-state index < -0.39 is 23.3 Å². The highest BCUT2D eigenvalue weighted by molar-refractivity contribution is 5.94. The molecule has 4 heteroatoms. The Morgan fingerprint density at radius 3 is 0.778 bits per heavy atom. The molecular weight excluding hydrogens is 244 g/mol. The molecule has 0 aromatic heterocycles. The Morgan fingerprint density at radius 2 is 0.611 bits per heavy atom. The van der Waals surface area contributed by atoms with Crippen LogP contribution in [0.5, 0.6) is 0 Å². The Hall–Kier alpha value is -1.58. The average Bonchev–Trinajstić information content (AvgIpc) is 2.35. The van der Waals surface area contributed by atoms with Gasteiger partial charge in [-0.1, -0.05) is 0 Å². The van der Waals surface area contributed by atoms with Crippen LogP contribution in [0.4, 0.5) is 17.6 Å². The zero-order valence-electron chi connectivity index (χ0n) is 10.5. The maximum atomic E-state index is 13.7. The van der Waals surface area contributed by atoms with Gasteiger partial charge in [0.05, 0.1) is 0 Å². The minimum absolute atomic E-state index is 0.00704. The van der Waals surface area contributed by atoms with Crippen molar-refractivity contribution in [1.29, 1.82) is 0 Å². The maximum Gasteiger partial charge on any atom is 0.162 e. The third-order valence-corrected chi connectivity index (χ3v) is 3.45. The predicted octanol–water partition coefficient (Wildman–Crippen LogP) is 4.63. The van der Waals surface area contributed by atoms with Crippen molar-refractivity contribution in [3.05, 3.63) is 45.5 Å². The van der Waals surface area contributed by atoms with Gasteiger partial charge in [-0.05, 0) is 60.7 Å². The molecular formula is C14H12F4. The quantitative estimate of drug-likeness (QED) is 0.603. The lowest BCUT2D eigenvalue weighted by Gasteiger charge is -2.15. The van der Waals surface area contributed by atoms with Crippen LogP contribution in [-0.4, -0.2) is 0 Å². The molecule has 0 saturated heterocycles. The second-order valence-electron chi connectivity index (χ2n) is 4.51. The van der Waals surface area contributed by atoms with Crippen LogP contribution < -0.4 is 0 Å². The highest BCUT2D eigenvalue weighted by Crippen LogP contribution is 2.35. The van der Waals surface area contributed by atoms with Gasteiger partial charge in [0.15, 0.2) is 23.3 Å². The van der Waals surface area contributed by atoms with Crippen molar-refractivity contribution in [3.63, 3.8) is 0 Å². The molecule has 0 nitrogen and oxygen atoms in total. The second-order valence-corrected chi connectivity index (χ2v) is 4.51. The molecule has 0 N–H and O–H groups in total. The van der Waals surface area contributed by atoms with Crippen molar-refractivity contribution in [2.24, 2.45) is 0 Å². The van der Waals surface area contributed by atoms with Crippen molar-refractivity contribution >= 4 is 10.8 Å². The highest BCUT2D eigenvalue weighted by Gasteiger charge is 2.22. The molecule has 0 atom stereocenters. The second kappa shape index (κ2) is 3.97. The van der Waals surface area contributed by atoms with Gasteiger partial charge in [-0.3, -0.25) is 0 Å². The van der Waals surface area contributed by atoms with Gasteiger partial charge in [0.25, 0.3) is 0 Å². The monoisotopic (exact) mass is 256 g/mol. The van der Waals surface area contributed by atoms with Gasteiger partial charge < -0.3 is 0 Å². The van der Waals surface area contributed by atoms with Crippen LogP contribution in [0.25, 0.3) is 10.8 Å². The predicted molar refractivity (Wildman–Crippen MR) is 62.7 cm³/mol. The Morgan fingerprint density at radius 1 is 0.444 bits per heavy atom. The zero-order valence-corrected chi connectivity index (χ0v) is 10.5. The molecule has 2 aromatic rings. The SMILES string of the molecule is Cc1c(F)c(F)c(C)c2c(C)c(F)c(F)c(C)c12. The van der Waals surface area contributed by atoms with E-state index in [0.717, 1.165) is 0 Å². The fraction of sp³-hybridized carbons (Fsp3) is 0.286. The van der Waals surface area contributed by atoms with E-state index in [0.29, 0.717) is 0 Å². The molecule has 0 radical (unpaired) electrons. The van der Waals surface area contributed by atoms with Gasteiger partial charge in [-0.25, -0.2) is 17.6 Å². The largest absolute Gasteiger partial charge is 0.203 e. The van der Waals surface area contributed by atoms with E-state index in [4.69, 9.17) is 0 Å². The van der Waals surface area contributed by atoms with E-state index in [1.54, 1.807) is 0 Å². The summed E-state index contributed by atoms with van der Waals surface area (Å²) in [5.41, 5.74) is 0.0281. The average molecular weight is 256 g/mol. The molecule has 2 aromatic carbocycles. The summed E-state index contributed by atoms with van der Waals surface area (Å²) in [6.07, 6.45) is 0. The lowest BCUT2D eigenvalue weighted by atomic mass is 9.92. The van der Waals surface area contributed by atoms with Crippen LogP contribution in [0, 0.1) is 51.0 Å². The number of aryl methyl sites for hydroxylation is 4. The molecule has 0 bridgehead atoms. The first-order valence-electron chi connectivity index (χ1n) is 5.51. The Kier molecular flexibility index (Phi) is 2.84. The van der Waals surface area contributed by atoms with Gasteiger partial charge in [0.2, 0.25) is 0 Å². The normalized spacial score (nSPS) is 11.3. The third-order valence-electron chi connectivity index (χ3n) is 3.45. The first kappa shape index (κ1) is 12.9. The minimum atomic E-state index is -1.01. The van der Waals surface area contributed by atoms with E-state index >= 15 is 0 Å². The van der Waals surface area contributed by atoms with E-state index in [-0.39, 0.29) is 33.0 Å². The van der Waals surface area contributed by atoms with Crippen molar-refractivity contribution < 1.29 is 17.6 Å². The van der Waals surface area contributed by atoms with E-state index in [2.05, 4.69) is 0 Å². The molecule has 96 valence electrons. The van der Waals surface area contributed by atoms with Crippen LogP contribution in [0.15, 0.2) is 0 Å². The summed E-state index contributed by atoms with van der Waals surface area (Å²) in [5.74, 6) is -4.02. The maximum absolute atomic E-state index is 13.7. The summed E-state index contributed by atoms with van der Waals surface area (Å²) in [5, 5.41) is 0.505. The summed E-state index contributed by atoms with van der Waals surface area (Å²) < 4.78 is 54.7. The standard InChI is InChI=1S/C14H12F4/c1-5-9-6(2)13(17)14(18)8(4)10(9)7(3)12(16)11(5)15/h1-4H3. The van der Waals surface area contributed by atoms with Gasteiger partial charge in [-0.15, -0.1) is 0 Å². The van der Waals surface area contributed by atoms with Crippen LogP contribution >= 0.6 is 0 Å². The first-order valence-corrected chi connectivity index (χ1v) is 5.51. The Balaban J connectivity index is 3.22. The zero-order chi connectivity index (χ0) is 13.8. The number of hydrogen-bond donors (Lipinski definition) is 0. The number of benzene rings is 2. The lowest BCUT2D eigenvalue weighted by Crippen LogP contribution is -2.03. The smallest absolute Gasteiger partial charge is 0.162 e. The molecule has 0 aliphatic carbocycles. The summed E-state index contributed by atoms with van der Waals surface area (Å²) in [7, 11) is 0. The van der Waals surface area contributed by atoms with Crippen molar-refractivity contribution in [1.82, 2.24) is 0 Å². The molecule has 0 spiro atoms. The first-order chi connectivity index (χ1) is 8.29. The molecule has 0 aliphatic heterocycles. The van der Waals surface area contributed by atoms with Gasteiger partial charge >= 0.3 is 0 Å². The van der Waals surface area contributed by atoms with Gasteiger partial charge in [0, 0.05) is 0 Å². The summed E-state index contributed by atoms with van der Waals surface area (Å²) in [6, 6.07) is 0. The lowest BCUT2D eigenvalue weighted by molar-refractivity contribution is 0.493. The molecule has 18 heavy (non-hydrogen) atoms. The van der Waals surface area contributed by atoms with Gasteiger partial charge in [0.1, 0.15) is 0 Å². The fourth-order valence-corrected chi connectivity index (χ4v) is 2.41. The summed E-state index contributed by atoms with van der Waals surface area (Å²) in [4.78, 5) is 0. The Bertz CT molecular complexity index is 559. The molecule has 0 unspecified atom stereocenters. The van der Waals surface area contributed by atoms with Crippen LogP contribution in [0.2, 0.25) is 0 Å². The van der Waals surface area contributed by atoms with E-state index in [9.17, 15) is 17.6 Å².